The van der Waals surface area contributed by atoms with Crippen molar-refractivity contribution in [2.45, 2.75) is 37.2 Å². The number of hydrogen-bond donors (Lipinski definition) is 2. The van der Waals surface area contributed by atoms with Crippen LogP contribution in [0.3, 0.4) is 0 Å². The zero-order valence-corrected chi connectivity index (χ0v) is 16.7. The van der Waals surface area contributed by atoms with Gasteiger partial charge in [0, 0.05) is 30.8 Å². The Morgan fingerprint density at radius 2 is 1.68 bits per heavy atom. The predicted molar refractivity (Wildman–Crippen MR) is 112 cm³/mol. The molecule has 2 aromatic rings. The van der Waals surface area contributed by atoms with Crippen LogP contribution in [0, 0.1) is 0 Å². The lowest BCUT2D eigenvalue weighted by Gasteiger charge is -2.23. The Labute approximate surface area is 171 Å². The average Bonchev–Trinajstić information content (AvgIpc) is 3.08. The Morgan fingerprint density at radius 1 is 1.04 bits per heavy atom. The maximum atomic E-state index is 12.5. The Morgan fingerprint density at radius 3 is 2.36 bits per heavy atom. The summed E-state index contributed by atoms with van der Waals surface area (Å²) in [6.45, 7) is 1.31. The quantitative estimate of drug-likeness (QED) is 0.703. The highest BCUT2D eigenvalue weighted by atomic mass is 32.1. The summed E-state index contributed by atoms with van der Waals surface area (Å²) in [4.78, 5) is 26.5. The lowest BCUT2D eigenvalue weighted by molar-refractivity contribution is -0.121. The summed E-state index contributed by atoms with van der Waals surface area (Å²) in [5, 5.41) is 3.01. The van der Waals surface area contributed by atoms with Gasteiger partial charge >= 0.3 is 6.09 Å². The molecule has 0 radical (unpaired) electrons. The van der Waals surface area contributed by atoms with Gasteiger partial charge in [-0.2, -0.15) is 12.6 Å². The molecule has 3 rings (SSSR count). The summed E-state index contributed by atoms with van der Waals surface area (Å²) in [7, 11) is 0. The Balaban J connectivity index is 1.46. The maximum Gasteiger partial charge on any atom is 0.410 e. The van der Waals surface area contributed by atoms with Crippen LogP contribution in [-0.4, -0.2) is 41.3 Å². The monoisotopic (exact) mass is 398 g/mol. The van der Waals surface area contributed by atoms with Crippen LogP contribution in [0.5, 0.6) is 0 Å². The van der Waals surface area contributed by atoms with Crippen molar-refractivity contribution in [1.82, 2.24) is 10.2 Å². The molecule has 2 atom stereocenters. The second kappa shape index (κ2) is 10.2. The van der Waals surface area contributed by atoms with Gasteiger partial charge < -0.3 is 15.0 Å². The molecule has 28 heavy (non-hydrogen) atoms. The third-order valence-corrected chi connectivity index (χ3v) is 5.21. The summed E-state index contributed by atoms with van der Waals surface area (Å²) >= 11 is 4.50. The number of amides is 2. The van der Waals surface area contributed by atoms with Gasteiger partial charge in [0.1, 0.15) is 6.61 Å². The molecule has 1 N–H and O–H groups in total. The van der Waals surface area contributed by atoms with Crippen LogP contribution in [0.1, 0.15) is 24.0 Å². The van der Waals surface area contributed by atoms with Gasteiger partial charge in [-0.25, -0.2) is 4.79 Å². The highest BCUT2D eigenvalue weighted by molar-refractivity contribution is 7.81. The van der Waals surface area contributed by atoms with Crippen LogP contribution >= 0.6 is 12.6 Å². The van der Waals surface area contributed by atoms with E-state index < -0.39 is 0 Å². The van der Waals surface area contributed by atoms with E-state index >= 15 is 0 Å². The van der Waals surface area contributed by atoms with Crippen LogP contribution in [0.15, 0.2) is 60.7 Å². The van der Waals surface area contributed by atoms with Crippen LogP contribution in [0.25, 0.3) is 0 Å². The van der Waals surface area contributed by atoms with Crippen molar-refractivity contribution in [3.63, 3.8) is 0 Å². The Kier molecular flexibility index (Phi) is 7.37. The van der Waals surface area contributed by atoms with Gasteiger partial charge in [0.15, 0.2) is 0 Å². The zero-order chi connectivity index (χ0) is 19.8. The van der Waals surface area contributed by atoms with E-state index in [1.807, 2.05) is 60.7 Å². The summed E-state index contributed by atoms with van der Waals surface area (Å²) in [5.74, 6) is -0.0516. The average molecular weight is 399 g/mol. The molecule has 0 saturated carbocycles. The minimum Gasteiger partial charge on any atom is -0.445 e. The predicted octanol–water partition coefficient (Wildman–Crippen LogP) is 3.44. The van der Waals surface area contributed by atoms with Crippen molar-refractivity contribution in [1.29, 1.82) is 0 Å². The van der Waals surface area contributed by atoms with Crippen molar-refractivity contribution >= 4 is 24.6 Å². The van der Waals surface area contributed by atoms with Gasteiger partial charge in [-0.1, -0.05) is 60.7 Å². The second-order valence-electron chi connectivity index (χ2n) is 7.03. The fourth-order valence-electron chi connectivity index (χ4n) is 3.39. The number of rotatable bonds is 7. The number of likely N-dealkylation sites (tertiary alicyclic amines) is 1. The van der Waals surface area contributed by atoms with Crippen LogP contribution in [0.4, 0.5) is 4.79 Å². The van der Waals surface area contributed by atoms with Crippen LogP contribution in [0.2, 0.25) is 0 Å². The number of carbonyl (C=O) groups excluding carboxylic acids is 2. The molecule has 6 heteroatoms. The van der Waals surface area contributed by atoms with Gasteiger partial charge in [0.2, 0.25) is 5.91 Å². The highest BCUT2D eigenvalue weighted by Gasteiger charge is 2.35. The number of hydrogen-bond acceptors (Lipinski definition) is 4. The van der Waals surface area contributed by atoms with Crippen molar-refractivity contribution in [2.24, 2.45) is 0 Å². The first-order valence-electron chi connectivity index (χ1n) is 9.58. The van der Waals surface area contributed by atoms with Gasteiger partial charge in [-0.05, 0) is 24.0 Å². The SMILES string of the molecule is O=C(C[C@H]1C[C@H](S)CN1C(=O)OCc1ccccc1)NCCc1ccccc1. The van der Waals surface area contributed by atoms with Gasteiger partial charge in [-0.15, -0.1) is 0 Å². The number of nitrogens with zero attached hydrogens (tertiary/aromatic N) is 1. The van der Waals surface area contributed by atoms with Crippen molar-refractivity contribution in [3.05, 3.63) is 71.8 Å². The van der Waals surface area contributed by atoms with E-state index in [4.69, 9.17) is 4.74 Å². The van der Waals surface area contributed by atoms with Crippen molar-refractivity contribution in [3.8, 4) is 0 Å². The molecule has 1 fully saturated rings. The van der Waals surface area contributed by atoms with Crippen LogP contribution < -0.4 is 5.32 Å². The first-order chi connectivity index (χ1) is 13.6. The molecule has 0 aliphatic carbocycles. The number of nitrogens with one attached hydrogen (secondary N) is 1. The Hall–Kier alpha value is -2.47. The molecule has 2 aromatic carbocycles. The zero-order valence-electron chi connectivity index (χ0n) is 15.8. The van der Waals surface area contributed by atoms with E-state index in [0.29, 0.717) is 19.5 Å². The number of ether oxygens (including phenoxy) is 1. The molecule has 0 unspecified atom stereocenters. The summed E-state index contributed by atoms with van der Waals surface area (Å²) in [6.07, 6.45) is 1.36. The minimum absolute atomic E-state index is 0.0516. The molecule has 1 aliphatic heterocycles. The molecule has 1 heterocycles. The summed E-state index contributed by atoms with van der Waals surface area (Å²) in [5.41, 5.74) is 2.12. The topological polar surface area (TPSA) is 58.6 Å². The molecule has 5 nitrogen and oxygen atoms in total. The van der Waals surface area contributed by atoms with Gasteiger partial charge in [-0.3, -0.25) is 4.79 Å². The minimum atomic E-state index is -0.387. The first-order valence-corrected chi connectivity index (χ1v) is 10.1. The van der Waals surface area contributed by atoms with Gasteiger partial charge in [0.25, 0.3) is 0 Å². The molecule has 0 bridgehead atoms. The number of thiol groups is 1. The smallest absolute Gasteiger partial charge is 0.410 e. The third kappa shape index (κ3) is 6.02. The molecular formula is C22H26N2O3S. The largest absolute Gasteiger partial charge is 0.445 e. The number of carbonyl (C=O) groups is 2. The normalized spacial score (nSPS) is 18.7. The van der Waals surface area contributed by atoms with E-state index in [1.165, 1.54) is 5.56 Å². The van der Waals surface area contributed by atoms with E-state index in [1.54, 1.807) is 4.90 Å². The second-order valence-corrected chi connectivity index (χ2v) is 7.76. The summed E-state index contributed by atoms with van der Waals surface area (Å²) in [6, 6.07) is 19.4. The molecule has 1 aliphatic rings. The van der Waals surface area contributed by atoms with E-state index in [9.17, 15) is 9.59 Å². The first kappa shape index (κ1) is 20.3. The lowest BCUT2D eigenvalue weighted by Crippen LogP contribution is -2.39. The summed E-state index contributed by atoms with van der Waals surface area (Å²) < 4.78 is 5.43. The standard InChI is InChI=1S/C22H26N2O3S/c25-21(23-12-11-17-7-3-1-4-8-17)14-19-13-20(28)15-24(19)22(26)27-16-18-9-5-2-6-10-18/h1-10,19-20,28H,11-16H2,(H,23,25)/t19-,20+/m1/s1. The van der Waals surface area contributed by atoms with Crippen molar-refractivity contribution < 1.29 is 14.3 Å². The molecule has 1 saturated heterocycles. The third-order valence-electron chi connectivity index (χ3n) is 4.83. The lowest BCUT2D eigenvalue weighted by atomic mass is 10.1. The fraction of sp³-hybridized carbons (Fsp3) is 0.364. The maximum absolute atomic E-state index is 12.5. The van der Waals surface area contributed by atoms with Crippen LogP contribution in [-0.2, 0) is 22.6 Å². The Bertz CT molecular complexity index is 770. The molecule has 148 valence electrons. The molecule has 0 aromatic heterocycles. The molecule has 0 spiro atoms. The van der Waals surface area contributed by atoms with E-state index in [-0.39, 0.29) is 36.3 Å². The fourth-order valence-corrected chi connectivity index (χ4v) is 3.81. The molecular weight excluding hydrogens is 372 g/mol. The number of benzene rings is 2. The molecule has 2 amide bonds. The van der Waals surface area contributed by atoms with Crippen molar-refractivity contribution in [2.75, 3.05) is 13.1 Å². The van der Waals surface area contributed by atoms with E-state index in [0.717, 1.165) is 12.0 Å². The van der Waals surface area contributed by atoms with Gasteiger partial charge in [0.05, 0.1) is 0 Å². The highest BCUT2D eigenvalue weighted by Crippen LogP contribution is 2.25. The van der Waals surface area contributed by atoms with E-state index in [2.05, 4.69) is 17.9 Å².